The van der Waals surface area contributed by atoms with Gasteiger partial charge in [0.1, 0.15) is 5.82 Å². The zero-order chi connectivity index (χ0) is 17.1. The fraction of sp³-hybridized carbons (Fsp3) is 0.600. The zero-order valence-corrected chi connectivity index (χ0v) is 15.2. The molecule has 134 valence electrons. The van der Waals surface area contributed by atoms with E-state index in [9.17, 15) is 0 Å². The van der Waals surface area contributed by atoms with Crippen molar-refractivity contribution in [3.8, 4) is 0 Å². The Morgan fingerprint density at radius 2 is 2.00 bits per heavy atom. The summed E-state index contributed by atoms with van der Waals surface area (Å²) in [5, 5.41) is 3.59. The Kier molecular flexibility index (Phi) is 5.02. The van der Waals surface area contributed by atoms with E-state index in [1.807, 2.05) is 6.20 Å². The summed E-state index contributed by atoms with van der Waals surface area (Å²) >= 11 is 0. The summed E-state index contributed by atoms with van der Waals surface area (Å²) in [5.74, 6) is 1.60. The third-order valence-corrected chi connectivity index (χ3v) is 5.43. The van der Waals surface area contributed by atoms with Crippen LogP contribution in [0.1, 0.15) is 31.7 Å². The average molecular weight is 339 g/mol. The number of rotatable bonds is 6. The van der Waals surface area contributed by atoms with Crippen molar-refractivity contribution in [3.05, 3.63) is 35.8 Å². The first-order valence-corrected chi connectivity index (χ1v) is 9.71. The highest BCUT2D eigenvalue weighted by Gasteiger charge is 2.23. The van der Waals surface area contributed by atoms with E-state index in [4.69, 9.17) is 4.98 Å². The first-order valence-electron chi connectivity index (χ1n) is 9.71. The summed E-state index contributed by atoms with van der Waals surface area (Å²) in [4.78, 5) is 14.1. The molecule has 4 rings (SSSR count). The van der Waals surface area contributed by atoms with E-state index in [1.165, 1.54) is 24.1 Å². The molecule has 25 heavy (non-hydrogen) atoms. The van der Waals surface area contributed by atoms with Crippen LogP contribution >= 0.6 is 0 Å². The molecular formula is C20H29N5. The Morgan fingerprint density at radius 1 is 1.16 bits per heavy atom. The van der Waals surface area contributed by atoms with Gasteiger partial charge >= 0.3 is 0 Å². The molecule has 1 aromatic rings. The predicted molar refractivity (Wildman–Crippen MR) is 103 cm³/mol. The molecule has 1 atom stereocenters. The van der Waals surface area contributed by atoms with Crippen molar-refractivity contribution in [3.63, 3.8) is 0 Å². The van der Waals surface area contributed by atoms with E-state index in [1.54, 1.807) is 0 Å². The van der Waals surface area contributed by atoms with Crippen molar-refractivity contribution in [2.45, 2.75) is 38.6 Å². The van der Waals surface area contributed by atoms with E-state index in [0.717, 1.165) is 51.4 Å². The van der Waals surface area contributed by atoms with Gasteiger partial charge in [0.15, 0.2) is 0 Å². The van der Waals surface area contributed by atoms with Crippen LogP contribution in [-0.2, 0) is 6.42 Å². The van der Waals surface area contributed by atoms with Gasteiger partial charge in [0, 0.05) is 62.4 Å². The number of nitrogens with zero attached hydrogens (tertiary/aromatic N) is 4. The van der Waals surface area contributed by atoms with Gasteiger partial charge in [-0.1, -0.05) is 13.0 Å². The van der Waals surface area contributed by atoms with Gasteiger partial charge < -0.3 is 15.1 Å². The number of aromatic nitrogens is 1. The first kappa shape index (κ1) is 16.6. The largest absolute Gasteiger partial charge is 0.384 e. The number of likely N-dealkylation sites (N-methyl/N-ethyl adjacent to an activating group) is 1. The quantitative estimate of drug-likeness (QED) is 0.865. The molecule has 1 saturated heterocycles. The van der Waals surface area contributed by atoms with Crippen molar-refractivity contribution >= 4 is 12.0 Å². The third-order valence-electron chi connectivity index (χ3n) is 5.43. The number of hydrogen-bond donors (Lipinski definition) is 1. The second kappa shape index (κ2) is 7.56. The zero-order valence-electron chi connectivity index (χ0n) is 15.2. The van der Waals surface area contributed by atoms with Crippen molar-refractivity contribution in [1.29, 1.82) is 0 Å². The molecule has 2 fully saturated rings. The van der Waals surface area contributed by atoms with Crippen LogP contribution in [0.3, 0.4) is 0 Å². The van der Waals surface area contributed by atoms with Crippen LogP contribution in [-0.4, -0.2) is 54.9 Å². The SMILES string of the molecule is CCN1CCN(c2ccc(CC3C=NC=C(NC4CC4)C3)cn2)CC1. The highest BCUT2D eigenvalue weighted by atomic mass is 15.3. The fourth-order valence-corrected chi connectivity index (χ4v) is 3.67. The minimum atomic E-state index is 0.479. The van der Waals surface area contributed by atoms with Crippen molar-refractivity contribution in [1.82, 2.24) is 15.2 Å². The highest BCUT2D eigenvalue weighted by Crippen LogP contribution is 2.25. The minimum Gasteiger partial charge on any atom is -0.384 e. The molecule has 3 heterocycles. The Bertz CT molecular complexity index is 624. The van der Waals surface area contributed by atoms with Crippen LogP contribution in [0.4, 0.5) is 5.82 Å². The smallest absolute Gasteiger partial charge is 0.128 e. The maximum atomic E-state index is 4.73. The van der Waals surface area contributed by atoms with E-state index in [-0.39, 0.29) is 0 Å². The van der Waals surface area contributed by atoms with Gasteiger partial charge in [-0.05, 0) is 43.9 Å². The molecule has 0 radical (unpaired) electrons. The van der Waals surface area contributed by atoms with Crippen LogP contribution in [0.2, 0.25) is 0 Å². The summed E-state index contributed by atoms with van der Waals surface area (Å²) in [6.45, 7) is 7.82. The summed E-state index contributed by atoms with van der Waals surface area (Å²) in [6.07, 6.45) is 10.8. The summed E-state index contributed by atoms with van der Waals surface area (Å²) < 4.78 is 0. The lowest BCUT2D eigenvalue weighted by Gasteiger charge is -2.34. The van der Waals surface area contributed by atoms with Crippen LogP contribution in [0.5, 0.6) is 0 Å². The maximum absolute atomic E-state index is 4.73. The first-order chi connectivity index (χ1) is 12.3. The molecule has 1 N–H and O–H groups in total. The molecule has 5 nitrogen and oxygen atoms in total. The second-order valence-electron chi connectivity index (χ2n) is 7.49. The Morgan fingerprint density at radius 3 is 2.68 bits per heavy atom. The van der Waals surface area contributed by atoms with Crippen molar-refractivity contribution < 1.29 is 0 Å². The monoisotopic (exact) mass is 339 g/mol. The van der Waals surface area contributed by atoms with Gasteiger partial charge in [0.05, 0.1) is 0 Å². The van der Waals surface area contributed by atoms with Crippen LogP contribution < -0.4 is 10.2 Å². The molecule has 3 aliphatic rings. The van der Waals surface area contributed by atoms with Gasteiger partial charge in [-0.2, -0.15) is 0 Å². The van der Waals surface area contributed by atoms with Crippen molar-refractivity contribution in [2.75, 3.05) is 37.6 Å². The molecule has 2 aliphatic heterocycles. The van der Waals surface area contributed by atoms with Gasteiger partial charge in [-0.15, -0.1) is 0 Å². The Labute approximate surface area is 150 Å². The topological polar surface area (TPSA) is 43.8 Å². The molecule has 1 aromatic heterocycles. The normalized spacial score (nSPS) is 24.3. The van der Waals surface area contributed by atoms with E-state index < -0.39 is 0 Å². The molecule has 5 heteroatoms. The lowest BCUT2D eigenvalue weighted by Crippen LogP contribution is -2.46. The number of hydrogen-bond acceptors (Lipinski definition) is 5. The Hall–Kier alpha value is -1.88. The number of piperazine rings is 1. The molecular weight excluding hydrogens is 310 g/mol. The lowest BCUT2D eigenvalue weighted by molar-refractivity contribution is 0.270. The summed E-state index contributed by atoms with van der Waals surface area (Å²) in [5.41, 5.74) is 2.61. The molecule has 1 unspecified atom stereocenters. The van der Waals surface area contributed by atoms with E-state index >= 15 is 0 Å². The Balaban J connectivity index is 1.30. The van der Waals surface area contributed by atoms with E-state index in [0.29, 0.717) is 12.0 Å². The number of nitrogens with one attached hydrogen (secondary N) is 1. The predicted octanol–water partition coefficient (Wildman–Crippen LogP) is 2.45. The molecule has 1 aliphatic carbocycles. The maximum Gasteiger partial charge on any atom is 0.128 e. The summed E-state index contributed by atoms with van der Waals surface area (Å²) in [6, 6.07) is 5.14. The van der Waals surface area contributed by atoms with E-state index in [2.05, 4.69) is 51.6 Å². The third kappa shape index (κ3) is 4.40. The number of allylic oxidation sites excluding steroid dienone is 1. The lowest BCUT2D eigenvalue weighted by atomic mass is 9.95. The number of aliphatic imine (C=N–C) groups is 1. The average Bonchev–Trinajstić information content (AvgIpc) is 3.47. The summed E-state index contributed by atoms with van der Waals surface area (Å²) in [7, 11) is 0. The van der Waals surface area contributed by atoms with Gasteiger partial charge in [0.2, 0.25) is 0 Å². The standard InChI is InChI=1S/C20H29N5/c1-2-24-7-9-25(10-8-24)20-6-3-16(14-22-20)11-17-12-19(15-21-13-17)23-18-4-5-18/h3,6,13-15,17-18,23H,2,4-5,7-12H2,1H3. The molecule has 1 saturated carbocycles. The number of pyridine rings is 1. The van der Waals surface area contributed by atoms with Crippen molar-refractivity contribution in [2.24, 2.45) is 10.9 Å². The molecule has 0 spiro atoms. The molecule has 0 aromatic carbocycles. The number of anilines is 1. The highest BCUT2D eigenvalue weighted by molar-refractivity contribution is 5.64. The van der Waals surface area contributed by atoms with Gasteiger partial charge in [-0.25, -0.2) is 4.98 Å². The van der Waals surface area contributed by atoms with Crippen LogP contribution in [0.15, 0.2) is 35.2 Å². The van der Waals surface area contributed by atoms with Gasteiger partial charge in [0.25, 0.3) is 0 Å². The van der Waals surface area contributed by atoms with Crippen LogP contribution in [0, 0.1) is 5.92 Å². The molecule has 0 bridgehead atoms. The second-order valence-corrected chi connectivity index (χ2v) is 7.49. The minimum absolute atomic E-state index is 0.479. The fourth-order valence-electron chi connectivity index (χ4n) is 3.67. The van der Waals surface area contributed by atoms with Gasteiger partial charge in [-0.3, -0.25) is 4.99 Å². The van der Waals surface area contributed by atoms with Crippen LogP contribution in [0.25, 0.3) is 0 Å². The molecule has 0 amide bonds.